The van der Waals surface area contributed by atoms with Crippen molar-refractivity contribution in [1.82, 2.24) is 5.32 Å². The number of alkyl halides is 1. The number of amides is 1. The van der Waals surface area contributed by atoms with Crippen molar-refractivity contribution in [3.63, 3.8) is 0 Å². The lowest BCUT2D eigenvalue weighted by Crippen LogP contribution is -2.44. The molecule has 0 saturated carbocycles. The smallest absolute Gasteiger partial charge is 0.407 e. The highest BCUT2D eigenvalue weighted by Gasteiger charge is 2.21. The lowest BCUT2D eigenvalue weighted by atomic mass is 10.2. The van der Waals surface area contributed by atoms with Gasteiger partial charge in [0.2, 0.25) is 0 Å². The minimum absolute atomic E-state index is 0.114. The zero-order valence-corrected chi connectivity index (χ0v) is 9.13. The summed E-state index contributed by atoms with van der Waals surface area (Å²) >= 11 is 0. The van der Waals surface area contributed by atoms with Crippen LogP contribution in [0.2, 0.25) is 0 Å². The van der Waals surface area contributed by atoms with Gasteiger partial charge in [-0.1, -0.05) is 0 Å². The molecule has 0 aromatic carbocycles. The summed E-state index contributed by atoms with van der Waals surface area (Å²) in [7, 11) is 0. The maximum absolute atomic E-state index is 12.9. The number of hydrogen-bond acceptors (Lipinski definition) is 3. The maximum atomic E-state index is 12.9. The number of rotatable bonds is 3. The van der Waals surface area contributed by atoms with Crippen molar-refractivity contribution in [3.8, 4) is 0 Å². The molecule has 4 nitrogen and oxygen atoms in total. The minimum atomic E-state index is -1.25. The van der Waals surface area contributed by atoms with Crippen LogP contribution < -0.4 is 11.1 Å². The van der Waals surface area contributed by atoms with Gasteiger partial charge in [-0.2, -0.15) is 0 Å². The third-order valence-electron chi connectivity index (χ3n) is 1.51. The van der Waals surface area contributed by atoms with Crippen LogP contribution in [0.3, 0.4) is 0 Å². The number of halogens is 1. The summed E-state index contributed by atoms with van der Waals surface area (Å²) in [6.45, 7) is 6.66. The summed E-state index contributed by atoms with van der Waals surface area (Å²) in [5.74, 6) is 0. The lowest BCUT2D eigenvalue weighted by Gasteiger charge is -2.22. The van der Waals surface area contributed by atoms with E-state index in [2.05, 4.69) is 5.32 Å². The fraction of sp³-hybridized carbons (Fsp3) is 0.889. The zero-order valence-electron chi connectivity index (χ0n) is 9.13. The highest BCUT2D eigenvalue weighted by atomic mass is 19.1. The molecule has 0 radical (unpaired) electrons. The Labute approximate surface area is 84.0 Å². The Balaban J connectivity index is 3.95. The molecule has 0 spiro atoms. The fourth-order valence-electron chi connectivity index (χ4n) is 0.788. The summed E-state index contributed by atoms with van der Waals surface area (Å²) in [4.78, 5) is 11.1. The van der Waals surface area contributed by atoms with Crippen molar-refractivity contribution in [3.05, 3.63) is 0 Å². The van der Waals surface area contributed by atoms with E-state index in [-0.39, 0.29) is 6.54 Å². The first-order chi connectivity index (χ1) is 6.26. The molecule has 0 aliphatic carbocycles. The topological polar surface area (TPSA) is 64.3 Å². The molecule has 1 unspecified atom stereocenters. The van der Waals surface area contributed by atoms with Gasteiger partial charge < -0.3 is 15.8 Å². The summed E-state index contributed by atoms with van der Waals surface area (Å²) in [5.41, 5.74) is 4.54. The molecular weight excluding hydrogens is 187 g/mol. The molecule has 14 heavy (non-hydrogen) atoms. The van der Waals surface area contributed by atoms with Crippen molar-refractivity contribution in [2.45, 2.75) is 45.5 Å². The van der Waals surface area contributed by atoms with Gasteiger partial charge in [-0.3, -0.25) is 0 Å². The predicted molar refractivity (Wildman–Crippen MR) is 52.8 cm³/mol. The molecule has 5 heteroatoms. The van der Waals surface area contributed by atoms with Crippen LogP contribution in [-0.2, 0) is 4.74 Å². The van der Waals surface area contributed by atoms with Crippen LogP contribution in [0.5, 0.6) is 0 Å². The largest absolute Gasteiger partial charge is 0.444 e. The highest BCUT2D eigenvalue weighted by Crippen LogP contribution is 2.07. The summed E-state index contributed by atoms with van der Waals surface area (Å²) in [6.07, 6.45) is -1.87. The third kappa shape index (κ3) is 5.75. The van der Waals surface area contributed by atoms with E-state index in [4.69, 9.17) is 10.5 Å². The van der Waals surface area contributed by atoms with E-state index in [1.165, 1.54) is 0 Å². The van der Waals surface area contributed by atoms with Gasteiger partial charge in [-0.15, -0.1) is 0 Å². The second kappa shape index (κ2) is 5.14. The van der Waals surface area contributed by atoms with Gasteiger partial charge in [0.25, 0.3) is 0 Å². The normalized spacial score (nSPS) is 15.9. The molecule has 2 atom stereocenters. The number of carbonyl (C=O) groups excluding carboxylic acids is 1. The second-order valence-corrected chi connectivity index (χ2v) is 4.19. The van der Waals surface area contributed by atoms with Gasteiger partial charge in [0.1, 0.15) is 11.8 Å². The Morgan fingerprint density at radius 1 is 1.57 bits per heavy atom. The van der Waals surface area contributed by atoms with Crippen LogP contribution in [0.15, 0.2) is 0 Å². The van der Waals surface area contributed by atoms with E-state index in [0.29, 0.717) is 0 Å². The van der Waals surface area contributed by atoms with Crippen LogP contribution in [0.25, 0.3) is 0 Å². The molecular formula is C9H19FN2O2. The predicted octanol–water partition coefficient (Wildman–Crippen LogP) is 1.20. The molecule has 0 fully saturated rings. The lowest BCUT2D eigenvalue weighted by molar-refractivity contribution is 0.0483. The van der Waals surface area contributed by atoms with Crippen molar-refractivity contribution in [2.75, 3.05) is 6.54 Å². The van der Waals surface area contributed by atoms with Gasteiger partial charge in [0.15, 0.2) is 0 Å². The van der Waals surface area contributed by atoms with Crippen LogP contribution in [0.4, 0.5) is 9.18 Å². The van der Waals surface area contributed by atoms with E-state index >= 15 is 0 Å². The first-order valence-corrected chi connectivity index (χ1v) is 4.60. The Bertz CT molecular complexity index is 192. The minimum Gasteiger partial charge on any atom is -0.444 e. The first-order valence-electron chi connectivity index (χ1n) is 4.60. The van der Waals surface area contributed by atoms with E-state index in [0.717, 1.165) is 0 Å². The molecule has 0 saturated heterocycles. The maximum Gasteiger partial charge on any atom is 0.407 e. The van der Waals surface area contributed by atoms with Crippen molar-refractivity contribution >= 4 is 6.09 Å². The number of ether oxygens (including phenoxy) is 1. The fourth-order valence-corrected chi connectivity index (χ4v) is 0.788. The SMILES string of the molecule is C[C@H](NC(=O)OC(C)(C)C)C(F)CN. The number of alkyl carbamates (subject to hydrolysis) is 1. The number of carbonyl (C=O) groups is 1. The summed E-state index contributed by atoms with van der Waals surface area (Å²) < 4.78 is 17.9. The molecule has 84 valence electrons. The molecule has 3 N–H and O–H groups in total. The highest BCUT2D eigenvalue weighted by molar-refractivity contribution is 5.68. The first kappa shape index (κ1) is 13.2. The van der Waals surface area contributed by atoms with Crippen molar-refractivity contribution < 1.29 is 13.9 Å². The second-order valence-electron chi connectivity index (χ2n) is 4.19. The average Bonchev–Trinajstić information content (AvgIpc) is 1.99. The van der Waals surface area contributed by atoms with Gasteiger partial charge in [-0.25, -0.2) is 9.18 Å². The van der Waals surface area contributed by atoms with Crippen LogP contribution in [-0.4, -0.2) is 30.5 Å². The van der Waals surface area contributed by atoms with Crippen LogP contribution in [0, 0.1) is 0 Å². The Kier molecular flexibility index (Phi) is 4.83. The van der Waals surface area contributed by atoms with Crippen molar-refractivity contribution in [1.29, 1.82) is 0 Å². The van der Waals surface area contributed by atoms with Crippen LogP contribution in [0.1, 0.15) is 27.7 Å². The molecule has 0 aromatic rings. The molecule has 0 aliphatic heterocycles. The Morgan fingerprint density at radius 3 is 2.43 bits per heavy atom. The molecule has 0 aliphatic rings. The van der Waals surface area contributed by atoms with Gasteiger partial charge >= 0.3 is 6.09 Å². The molecule has 0 rings (SSSR count). The van der Waals surface area contributed by atoms with Crippen molar-refractivity contribution in [2.24, 2.45) is 5.73 Å². The van der Waals surface area contributed by atoms with Crippen LogP contribution >= 0.6 is 0 Å². The van der Waals surface area contributed by atoms with E-state index in [1.807, 2.05) is 0 Å². The number of hydrogen-bond donors (Lipinski definition) is 2. The third-order valence-corrected chi connectivity index (χ3v) is 1.51. The molecule has 0 aromatic heterocycles. The Hall–Kier alpha value is -0.840. The van der Waals surface area contributed by atoms with Gasteiger partial charge in [0.05, 0.1) is 6.04 Å². The number of nitrogens with two attached hydrogens (primary N) is 1. The van der Waals surface area contributed by atoms with Gasteiger partial charge in [0, 0.05) is 6.54 Å². The summed E-state index contributed by atoms with van der Waals surface area (Å²) in [5, 5.41) is 2.37. The zero-order chi connectivity index (χ0) is 11.4. The van der Waals surface area contributed by atoms with E-state index in [9.17, 15) is 9.18 Å². The Morgan fingerprint density at radius 2 is 2.07 bits per heavy atom. The monoisotopic (exact) mass is 206 g/mol. The quantitative estimate of drug-likeness (QED) is 0.729. The standard InChI is InChI=1S/C9H19FN2O2/c1-6(7(10)5-11)12-8(13)14-9(2,3)4/h6-7H,5,11H2,1-4H3,(H,12,13)/t6-,7?/m0/s1. The molecule has 1 amide bonds. The van der Waals surface area contributed by atoms with Gasteiger partial charge in [-0.05, 0) is 27.7 Å². The van der Waals surface area contributed by atoms with E-state index in [1.54, 1.807) is 27.7 Å². The summed E-state index contributed by atoms with van der Waals surface area (Å²) in [6, 6.07) is -0.630. The average molecular weight is 206 g/mol. The van der Waals surface area contributed by atoms with E-state index < -0.39 is 23.9 Å². The molecule has 0 heterocycles. The molecule has 0 bridgehead atoms. The number of nitrogens with one attached hydrogen (secondary N) is 1.